The molecule has 1 fully saturated rings. The molecule has 3 aromatic rings. The van der Waals surface area contributed by atoms with Crippen molar-refractivity contribution in [2.75, 3.05) is 44.7 Å². The lowest BCUT2D eigenvalue weighted by molar-refractivity contribution is -0.120. The number of carbonyl (C=O) groups is 1. The molecule has 0 radical (unpaired) electrons. The lowest BCUT2D eigenvalue weighted by Gasteiger charge is -2.36. The number of hydrogen-bond donors (Lipinski definition) is 0. The van der Waals surface area contributed by atoms with E-state index in [1.54, 1.807) is 12.0 Å². The Morgan fingerprint density at radius 2 is 1.70 bits per heavy atom. The fraction of sp³-hybridized carbons (Fsp3) is 0.333. The summed E-state index contributed by atoms with van der Waals surface area (Å²) in [6, 6.07) is 24.7. The smallest absolute Gasteiger partial charge is 0.210 e. The van der Waals surface area contributed by atoms with Crippen LogP contribution in [0.2, 0.25) is 0 Å². The van der Waals surface area contributed by atoms with Crippen molar-refractivity contribution in [1.29, 1.82) is 0 Å². The molecule has 1 aromatic heterocycles. The summed E-state index contributed by atoms with van der Waals surface area (Å²) in [5, 5.41) is 0. The molecule has 2 aromatic carbocycles. The Morgan fingerprint density at radius 1 is 0.970 bits per heavy atom. The second kappa shape index (κ2) is 11.6. The van der Waals surface area contributed by atoms with Crippen LogP contribution < -0.4 is 4.90 Å². The van der Waals surface area contributed by atoms with E-state index in [0.717, 1.165) is 56.0 Å². The first-order valence-electron chi connectivity index (χ1n) is 11.5. The molecule has 1 atom stereocenters. The van der Waals surface area contributed by atoms with Gasteiger partial charge in [0.05, 0.1) is 18.3 Å². The van der Waals surface area contributed by atoms with Gasteiger partial charge in [0.15, 0.2) is 0 Å². The van der Waals surface area contributed by atoms with E-state index in [1.807, 2.05) is 48.7 Å². The summed E-state index contributed by atoms with van der Waals surface area (Å²) in [5.74, 6) is 0. The van der Waals surface area contributed by atoms with E-state index < -0.39 is 0 Å². The van der Waals surface area contributed by atoms with Crippen molar-refractivity contribution in [2.45, 2.75) is 19.2 Å². The minimum atomic E-state index is -0.141. The van der Waals surface area contributed by atoms with Gasteiger partial charge in [-0.3, -0.25) is 14.7 Å². The van der Waals surface area contributed by atoms with Gasteiger partial charge in [-0.05, 0) is 35.4 Å². The Hall–Kier alpha value is -3.22. The molecule has 1 amide bonds. The highest BCUT2D eigenvalue weighted by molar-refractivity contribution is 5.50. The highest BCUT2D eigenvalue weighted by Gasteiger charge is 2.18. The SMILES string of the molecule is COC(CN(C=O)Cc1ccc(N2CCN(Cc3ccccn3)CC2)cc1)c1ccccc1. The van der Waals surface area contributed by atoms with Crippen molar-refractivity contribution >= 4 is 12.1 Å². The number of aromatic nitrogens is 1. The minimum absolute atomic E-state index is 0.141. The van der Waals surface area contributed by atoms with Crippen LogP contribution in [-0.2, 0) is 22.6 Å². The lowest BCUT2D eigenvalue weighted by atomic mass is 10.1. The number of carbonyl (C=O) groups excluding carboxylic acids is 1. The zero-order chi connectivity index (χ0) is 22.9. The van der Waals surface area contributed by atoms with Crippen LogP contribution >= 0.6 is 0 Å². The molecule has 0 N–H and O–H groups in total. The summed E-state index contributed by atoms with van der Waals surface area (Å²) >= 11 is 0. The average Bonchev–Trinajstić information content (AvgIpc) is 2.88. The van der Waals surface area contributed by atoms with Crippen LogP contribution in [0.3, 0.4) is 0 Å². The zero-order valence-corrected chi connectivity index (χ0v) is 19.2. The molecule has 1 aliphatic rings. The summed E-state index contributed by atoms with van der Waals surface area (Å²) < 4.78 is 5.64. The number of anilines is 1. The molecule has 0 aliphatic carbocycles. The molecule has 6 heteroatoms. The molecule has 2 heterocycles. The first kappa shape index (κ1) is 23.0. The Kier molecular flexibility index (Phi) is 8.06. The Balaban J connectivity index is 1.29. The first-order chi connectivity index (χ1) is 16.2. The van der Waals surface area contributed by atoms with E-state index in [9.17, 15) is 4.79 Å². The molecule has 6 nitrogen and oxygen atoms in total. The monoisotopic (exact) mass is 444 g/mol. The maximum absolute atomic E-state index is 11.7. The fourth-order valence-corrected chi connectivity index (χ4v) is 4.27. The van der Waals surface area contributed by atoms with Gasteiger partial charge in [-0.1, -0.05) is 48.5 Å². The maximum atomic E-state index is 11.7. The number of ether oxygens (including phenoxy) is 1. The molecule has 1 aliphatic heterocycles. The number of pyridine rings is 1. The summed E-state index contributed by atoms with van der Waals surface area (Å²) in [4.78, 5) is 22.8. The molecule has 1 unspecified atom stereocenters. The van der Waals surface area contributed by atoms with E-state index in [0.29, 0.717) is 13.1 Å². The third kappa shape index (κ3) is 6.40. The van der Waals surface area contributed by atoms with Crippen molar-refractivity contribution in [3.8, 4) is 0 Å². The molecule has 0 saturated carbocycles. The molecule has 1 saturated heterocycles. The summed E-state index contributed by atoms with van der Waals surface area (Å²) in [6.07, 6.45) is 2.62. The molecular weight excluding hydrogens is 412 g/mol. The second-order valence-corrected chi connectivity index (χ2v) is 8.42. The van der Waals surface area contributed by atoms with Crippen molar-refractivity contribution in [3.63, 3.8) is 0 Å². The van der Waals surface area contributed by atoms with Crippen molar-refractivity contribution in [2.24, 2.45) is 0 Å². The molecule has 4 rings (SSSR count). The van der Waals surface area contributed by atoms with Crippen LogP contribution in [0.15, 0.2) is 79.0 Å². The largest absolute Gasteiger partial charge is 0.375 e. The van der Waals surface area contributed by atoms with Gasteiger partial charge >= 0.3 is 0 Å². The predicted molar refractivity (Wildman–Crippen MR) is 131 cm³/mol. The number of hydrogen-bond acceptors (Lipinski definition) is 5. The molecule has 172 valence electrons. The van der Waals surface area contributed by atoms with Gasteiger partial charge in [-0.2, -0.15) is 0 Å². The van der Waals surface area contributed by atoms with Gasteiger partial charge < -0.3 is 14.5 Å². The normalized spacial score (nSPS) is 15.2. The Morgan fingerprint density at radius 3 is 2.33 bits per heavy atom. The number of rotatable bonds is 10. The van der Waals surface area contributed by atoms with Crippen molar-refractivity contribution < 1.29 is 9.53 Å². The zero-order valence-electron chi connectivity index (χ0n) is 19.2. The standard InChI is InChI=1S/C27H32N4O2/c1-33-27(24-7-3-2-4-8-24)21-30(22-32)19-23-10-12-26(13-11-23)31-17-15-29(16-18-31)20-25-9-5-6-14-28-25/h2-14,22,27H,15-21H2,1H3. The predicted octanol–water partition coefficient (Wildman–Crippen LogP) is 3.75. The van der Waals surface area contributed by atoms with Crippen LogP contribution in [0.25, 0.3) is 0 Å². The Bertz CT molecular complexity index is 974. The van der Waals surface area contributed by atoms with Crippen LogP contribution in [0.5, 0.6) is 0 Å². The third-order valence-corrected chi connectivity index (χ3v) is 6.18. The van der Waals surface area contributed by atoms with E-state index in [4.69, 9.17) is 4.74 Å². The molecule has 33 heavy (non-hydrogen) atoms. The fourth-order valence-electron chi connectivity index (χ4n) is 4.27. The van der Waals surface area contributed by atoms with Crippen LogP contribution in [0.4, 0.5) is 5.69 Å². The summed E-state index contributed by atoms with van der Waals surface area (Å²) in [7, 11) is 1.69. The van der Waals surface area contributed by atoms with E-state index >= 15 is 0 Å². The summed E-state index contributed by atoms with van der Waals surface area (Å²) in [5.41, 5.74) is 4.54. The summed E-state index contributed by atoms with van der Waals surface area (Å²) in [6.45, 7) is 6.03. The number of piperazine rings is 1. The van der Waals surface area contributed by atoms with Gasteiger partial charge in [0, 0.05) is 58.3 Å². The van der Waals surface area contributed by atoms with Gasteiger partial charge in [-0.25, -0.2) is 0 Å². The van der Waals surface area contributed by atoms with Crippen LogP contribution in [-0.4, -0.2) is 61.0 Å². The van der Waals surface area contributed by atoms with Crippen molar-refractivity contribution in [3.05, 3.63) is 95.8 Å². The topological polar surface area (TPSA) is 48.9 Å². The van der Waals surface area contributed by atoms with Gasteiger partial charge in [0.2, 0.25) is 6.41 Å². The second-order valence-electron chi connectivity index (χ2n) is 8.42. The van der Waals surface area contributed by atoms with Gasteiger partial charge in [-0.15, -0.1) is 0 Å². The number of amides is 1. The maximum Gasteiger partial charge on any atom is 0.210 e. The van der Waals surface area contributed by atoms with E-state index in [-0.39, 0.29) is 6.10 Å². The van der Waals surface area contributed by atoms with Crippen LogP contribution in [0, 0.1) is 0 Å². The molecular formula is C27H32N4O2. The highest BCUT2D eigenvalue weighted by Crippen LogP contribution is 2.21. The van der Waals surface area contributed by atoms with Crippen LogP contribution in [0.1, 0.15) is 22.9 Å². The van der Waals surface area contributed by atoms with E-state index in [2.05, 4.69) is 45.1 Å². The van der Waals surface area contributed by atoms with Gasteiger partial charge in [0.1, 0.15) is 0 Å². The quantitative estimate of drug-likeness (QED) is 0.446. The highest BCUT2D eigenvalue weighted by atomic mass is 16.5. The number of methoxy groups -OCH3 is 1. The van der Waals surface area contributed by atoms with Crippen molar-refractivity contribution in [1.82, 2.24) is 14.8 Å². The van der Waals surface area contributed by atoms with Gasteiger partial charge in [0.25, 0.3) is 0 Å². The van der Waals surface area contributed by atoms with E-state index in [1.165, 1.54) is 5.69 Å². The lowest BCUT2D eigenvalue weighted by Crippen LogP contribution is -2.46. The molecule has 0 spiro atoms. The number of benzene rings is 2. The third-order valence-electron chi connectivity index (χ3n) is 6.18. The average molecular weight is 445 g/mol. The minimum Gasteiger partial charge on any atom is -0.375 e. The molecule has 0 bridgehead atoms. The Labute approximate surface area is 196 Å². The first-order valence-corrected chi connectivity index (χ1v) is 11.5. The number of nitrogens with zero attached hydrogens (tertiary/aromatic N) is 4.